The van der Waals surface area contributed by atoms with Crippen LogP contribution < -0.4 is 16.4 Å². The molecule has 5 nitrogen and oxygen atoms in total. The molecule has 0 bridgehead atoms. The fraction of sp³-hybridized carbons (Fsp3) is 0.111. The van der Waals surface area contributed by atoms with Gasteiger partial charge >= 0.3 is 6.03 Å². The van der Waals surface area contributed by atoms with Gasteiger partial charge in [0.15, 0.2) is 0 Å². The monoisotopic (exact) mass is 309 g/mol. The van der Waals surface area contributed by atoms with Gasteiger partial charge in [0.25, 0.3) is 0 Å². The molecule has 0 aliphatic rings. The van der Waals surface area contributed by atoms with E-state index in [0.29, 0.717) is 5.69 Å². The number of rotatable bonds is 5. The van der Waals surface area contributed by atoms with E-state index in [-0.39, 0.29) is 11.9 Å². The van der Waals surface area contributed by atoms with Crippen molar-refractivity contribution in [1.29, 1.82) is 0 Å². The molecular weight excluding hydrogens is 290 g/mol. The van der Waals surface area contributed by atoms with Crippen LogP contribution in [0.3, 0.4) is 0 Å². The lowest BCUT2D eigenvalue weighted by Crippen LogP contribution is -2.24. The van der Waals surface area contributed by atoms with Crippen LogP contribution in [0.15, 0.2) is 60.7 Å². The predicted molar refractivity (Wildman–Crippen MR) is 91.7 cm³/mol. The topological polar surface area (TPSA) is 84.2 Å². The van der Waals surface area contributed by atoms with Crippen molar-refractivity contribution in [3.05, 3.63) is 71.8 Å². The molecule has 0 saturated heterocycles. The van der Waals surface area contributed by atoms with Gasteiger partial charge in [0.2, 0.25) is 5.91 Å². The number of nitrogens with two attached hydrogens (primary N) is 1. The van der Waals surface area contributed by atoms with Crippen LogP contribution in [0.5, 0.6) is 0 Å². The van der Waals surface area contributed by atoms with Crippen molar-refractivity contribution in [3.8, 4) is 0 Å². The number of amides is 3. The highest BCUT2D eigenvalue weighted by atomic mass is 16.2. The maximum absolute atomic E-state index is 11.9. The van der Waals surface area contributed by atoms with Crippen molar-refractivity contribution < 1.29 is 9.59 Å². The van der Waals surface area contributed by atoms with Gasteiger partial charge in [0, 0.05) is 11.8 Å². The average molecular weight is 309 g/mol. The molecule has 0 radical (unpaired) electrons. The fourth-order valence-electron chi connectivity index (χ4n) is 2.08. The summed E-state index contributed by atoms with van der Waals surface area (Å²) in [7, 11) is 0. The zero-order valence-electron chi connectivity index (χ0n) is 12.8. The Bertz CT molecular complexity index is 694. The third-order valence-electron chi connectivity index (χ3n) is 3.26. The SMILES string of the molecule is CC(NC(=O)/C=C/c1ccccc1)c1ccc(NC(N)=O)cc1. The molecule has 2 rings (SSSR count). The minimum Gasteiger partial charge on any atom is -0.351 e. The molecule has 0 aromatic heterocycles. The molecule has 1 atom stereocenters. The lowest BCUT2D eigenvalue weighted by atomic mass is 10.1. The highest BCUT2D eigenvalue weighted by Gasteiger charge is 2.07. The quantitative estimate of drug-likeness (QED) is 0.742. The van der Waals surface area contributed by atoms with Crippen molar-refractivity contribution >= 4 is 23.7 Å². The van der Waals surface area contributed by atoms with Crippen LogP contribution in [-0.2, 0) is 4.79 Å². The van der Waals surface area contributed by atoms with Gasteiger partial charge in [0.05, 0.1) is 6.04 Å². The van der Waals surface area contributed by atoms with Gasteiger partial charge in [-0.15, -0.1) is 0 Å². The van der Waals surface area contributed by atoms with Crippen molar-refractivity contribution in [2.75, 3.05) is 5.32 Å². The number of hydrogen-bond acceptors (Lipinski definition) is 2. The molecule has 0 saturated carbocycles. The van der Waals surface area contributed by atoms with Gasteiger partial charge in [-0.05, 0) is 36.3 Å². The zero-order valence-corrected chi connectivity index (χ0v) is 12.8. The number of carbonyl (C=O) groups excluding carboxylic acids is 2. The van der Waals surface area contributed by atoms with Crippen LogP contribution in [0.4, 0.5) is 10.5 Å². The minimum absolute atomic E-state index is 0.148. The molecule has 5 heteroatoms. The second-order valence-corrected chi connectivity index (χ2v) is 5.09. The largest absolute Gasteiger partial charge is 0.351 e. The summed E-state index contributed by atoms with van der Waals surface area (Å²) in [6, 6.07) is 16.0. The molecule has 0 fully saturated rings. The predicted octanol–water partition coefficient (Wildman–Crippen LogP) is 3.07. The first-order valence-corrected chi connectivity index (χ1v) is 7.24. The molecule has 0 aliphatic carbocycles. The zero-order chi connectivity index (χ0) is 16.7. The summed E-state index contributed by atoms with van der Waals surface area (Å²) >= 11 is 0. The maximum Gasteiger partial charge on any atom is 0.316 e. The Hall–Kier alpha value is -3.08. The van der Waals surface area contributed by atoms with Gasteiger partial charge in [-0.2, -0.15) is 0 Å². The Balaban J connectivity index is 1.93. The Morgan fingerprint density at radius 2 is 1.70 bits per heavy atom. The molecule has 4 N–H and O–H groups in total. The number of carbonyl (C=O) groups is 2. The molecule has 2 aromatic carbocycles. The summed E-state index contributed by atoms with van der Waals surface area (Å²) < 4.78 is 0. The lowest BCUT2D eigenvalue weighted by molar-refractivity contribution is -0.117. The lowest BCUT2D eigenvalue weighted by Gasteiger charge is -2.13. The Morgan fingerprint density at radius 3 is 2.30 bits per heavy atom. The molecule has 0 aliphatic heterocycles. The van der Waals surface area contributed by atoms with E-state index >= 15 is 0 Å². The first kappa shape index (κ1) is 16.3. The summed E-state index contributed by atoms with van der Waals surface area (Å²) in [5, 5.41) is 5.38. The molecule has 23 heavy (non-hydrogen) atoms. The standard InChI is InChI=1S/C18H19N3O2/c1-13(15-8-10-16(11-9-15)21-18(19)23)20-17(22)12-7-14-5-3-2-4-6-14/h2-13H,1H3,(H,20,22)(H3,19,21,23)/b12-7+. The van der Waals surface area contributed by atoms with Crippen molar-refractivity contribution in [1.82, 2.24) is 5.32 Å². The van der Waals surface area contributed by atoms with E-state index in [0.717, 1.165) is 11.1 Å². The van der Waals surface area contributed by atoms with E-state index in [4.69, 9.17) is 5.73 Å². The van der Waals surface area contributed by atoms with Gasteiger partial charge in [-0.25, -0.2) is 4.79 Å². The van der Waals surface area contributed by atoms with E-state index in [9.17, 15) is 9.59 Å². The third kappa shape index (κ3) is 5.32. The Labute approximate surface area is 135 Å². The number of nitrogens with one attached hydrogen (secondary N) is 2. The van der Waals surface area contributed by atoms with Crippen LogP contribution in [0.2, 0.25) is 0 Å². The summed E-state index contributed by atoms with van der Waals surface area (Å²) in [4.78, 5) is 22.7. The average Bonchev–Trinajstić information content (AvgIpc) is 2.54. The van der Waals surface area contributed by atoms with Crippen LogP contribution in [0.25, 0.3) is 6.08 Å². The fourth-order valence-corrected chi connectivity index (χ4v) is 2.08. The van der Waals surface area contributed by atoms with Crippen LogP contribution in [0.1, 0.15) is 24.1 Å². The van der Waals surface area contributed by atoms with E-state index in [1.54, 1.807) is 18.2 Å². The van der Waals surface area contributed by atoms with Crippen molar-refractivity contribution in [2.45, 2.75) is 13.0 Å². The summed E-state index contributed by atoms with van der Waals surface area (Å²) in [6.07, 6.45) is 3.27. The molecule has 2 aromatic rings. The number of benzene rings is 2. The maximum atomic E-state index is 11.9. The summed E-state index contributed by atoms with van der Waals surface area (Å²) in [6.45, 7) is 1.89. The first-order valence-electron chi connectivity index (χ1n) is 7.24. The first-order chi connectivity index (χ1) is 11.0. The summed E-state index contributed by atoms with van der Waals surface area (Å²) in [5.41, 5.74) is 7.57. The van der Waals surface area contributed by atoms with Crippen LogP contribution in [0, 0.1) is 0 Å². The van der Waals surface area contributed by atoms with Crippen molar-refractivity contribution in [2.24, 2.45) is 5.73 Å². The molecule has 3 amide bonds. The molecule has 1 unspecified atom stereocenters. The molecule has 118 valence electrons. The molecule has 0 heterocycles. The minimum atomic E-state index is -0.606. The second-order valence-electron chi connectivity index (χ2n) is 5.09. The van der Waals surface area contributed by atoms with E-state index < -0.39 is 6.03 Å². The van der Waals surface area contributed by atoms with Crippen LogP contribution in [-0.4, -0.2) is 11.9 Å². The normalized spacial score (nSPS) is 11.9. The Kier molecular flexibility index (Phi) is 5.52. The number of primary amides is 1. The molecular formula is C18H19N3O2. The highest BCUT2D eigenvalue weighted by Crippen LogP contribution is 2.16. The van der Waals surface area contributed by atoms with Gasteiger partial charge < -0.3 is 16.4 Å². The van der Waals surface area contributed by atoms with Gasteiger partial charge in [0.1, 0.15) is 0 Å². The third-order valence-corrected chi connectivity index (χ3v) is 3.26. The highest BCUT2D eigenvalue weighted by molar-refractivity contribution is 5.92. The molecule has 0 spiro atoms. The number of anilines is 1. The Morgan fingerprint density at radius 1 is 1.04 bits per heavy atom. The van der Waals surface area contributed by atoms with Crippen molar-refractivity contribution in [3.63, 3.8) is 0 Å². The summed E-state index contributed by atoms with van der Waals surface area (Å²) in [5.74, 6) is -0.166. The van der Waals surface area contributed by atoms with E-state index in [1.807, 2.05) is 49.4 Å². The number of urea groups is 1. The van der Waals surface area contributed by atoms with Gasteiger partial charge in [-0.3, -0.25) is 4.79 Å². The number of hydrogen-bond donors (Lipinski definition) is 3. The van der Waals surface area contributed by atoms with Crippen LogP contribution >= 0.6 is 0 Å². The van der Waals surface area contributed by atoms with E-state index in [2.05, 4.69) is 10.6 Å². The second kappa shape index (κ2) is 7.79. The van der Waals surface area contributed by atoms with Gasteiger partial charge in [-0.1, -0.05) is 42.5 Å². The van der Waals surface area contributed by atoms with E-state index in [1.165, 1.54) is 6.08 Å². The smallest absolute Gasteiger partial charge is 0.316 e.